The summed E-state index contributed by atoms with van der Waals surface area (Å²) in [7, 11) is 1.48. The zero-order valence-corrected chi connectivity index (χ0v) is 20.8. The molecule has 4 aliphatic carbocycles. The van der Waals surface area contributed by atoms with Gasteiger partial charge in [0.05, 0.1) is 13.2 Å². The zero-order valence-electron chi connectivity index (χ0n) is 20.8. The predicted octanol–water partition coefficient (Wildman–Crippen LogP) is 5.14. The molecule has 0 aliphatic heterocycles. The standard InChI is InChI=1S/C27H44O5/c1-16(6-9-25(30)31-5)20-7-8-21-19-15-24(29)23-14-18(32-17(2)28)10-12-27(23,4)22(19)11-13-26(20,21)3/h16,18-24,29H,6-15H2,1-5H3/t16-,18-,19+,20?,21+,22+,23+,24+,26-,27-/m1/s1. The number of fused-ring (bicyclic) bond motifs is 5. The van der Waals surface area contributed by atoms with Crippen LogP contribution in [0.25, 0.3) is 0 Å². The van der Waals surface area contributed by atoms with E-state index in [1.165, 1.54) is 39.7 Å². The summed E-state index contributed by atoms with van der Waals surface area (Å²) in [6.07, 6.45) is 9.82. The van der Waals surface area contributed by atoms with Gasteiger partial charge < -0.3 is 14.6 Å². The van der Waals surface area contributed by atoms with E-state index in [1.54, 1.807) is 0 Å². The molecule has 32 heavy (non-hydrogen) atoms. The number of aliphatic hydroxyl groups excluding tert-OH is 1. The van der Waals surface area contributed by atoms with Crippen molar-refractivity contribution in [1.29, 1.82) is 0 Å². The van der Waals surface area contributed by atoms with Crippen molar-refractivity contribution in [1.82, 2.24) is 0 Å². The number of rotatable bonds is 5. The van der Waals surface area contributed by atoms with Gasteiger partial charge in [0, 0.05) is 13.3 Å². The third kappa shape index (κ3) is 4.01. The van der Waals surface area contributed by atoms with Crippen molar-refractivity contribution >= 4 is 11.9 Å². The maximum absolute atomic E-state index is 11.7. The number of aliphatic hydroxyl groups is 1. The second-order valence-corrected chi connectivity index (χ2v) is 12.1. The van der Waals surface area contributed by atoms with E-state index in [9.17, 15) is 14.7 Å². The summed E-state index contributed by atoms with van der Waals surface area (Å²) in [6.45, 7) is 8.76. The first kappa shape index (κ1) is 24.0. The summed E-state index contributed by atoms with van der Waals surface area (Å²) < 4.78 is 10.4. The van der Waals surface area contributed by atoms with Crippen LogP contribution in [0.2, 0.25) is 0 Å². The maximum Gasteiger partial charge on any atom is 0.305 e. The van der Waals surface area contributed by atoms with E-state index in [1.807, 2.05) is 0 Å². The number of methoxy groups -OCH3 is 1. The number of carbonyl (C=O) groups is 2. The Morgan fingerprint density at radius 1 is 1.00 bits per heavy atom. The van der Waals surface area contributed by atoms with Gasteiger partial charge in [-0.25, -0.2) is 0 Å². The van der Waals surface area contributed by atoms with Crippen LogP contribution < -0.4 is 0 Å². The molecule has 4 saturated carbocycles. The van der Waals surface area contributed by atoms with Crippen molar-refractivity contribution in [2.75, 3.05) is 7.11 Å². The van der Waals surface area contributed by atoms with Crippen LogP contribution in [0.3, 0.4) is 0 Å². The van der Waals surface area contributed by atoms with Gasteiger partial charge in [0.1, 0.15) is 6.10 Å². The van der Waals surface area contributed by atoms with Crippen molar-refractivity contribution in [3.63, 3.8) is 0 Å². The summed E-state index contributed by atoms with van der Waals surface area (Å²) >= 11 is 0. The number of hydrogen-bond acceptors (Lipinski definition) is 5. The molecule has 10 atom stereocenters. The monoisotopic (exact) mass is 448 g/mol. The van der Waals surface area contributed by atoms with Gasteiger partial charge >= 0.3 is 11.9 Å². The highest BCUT2D eigenvalue weighted by molar-refractivity contribution is 5.69. The summed E-state index contributed by atoms with van der Waals surface area (Å²) in [5.41, 5.74) is 0.462. The number of carbonyl (C=O) groups excluding carboxylic acids is 2. The molecule has 0 amide bonds. The topological polar surface area (TPSA) is 72.8 Å². The Hall–Kier alpha value is -1.10. The van der Waals surface area contributed by atoms with Gasteiger partial charge in [0.2, 0.25) is 0 Å². The Bertz CT molecular complexity index is 721. The Morgan fingerprint density at radius 3 is 2.38 bits per heavy atom. The van der Waals surface area contributed by atoms with Gasteiger partial charge in [0.15, 0.2) is 0 Å². The molecule has 182 valence electrons. The first-order chi connectivity index (χ1) is 15.1. The van der Waals surface area contributed by atoms with E-state index >= 15 is 0 Å². The highest BCUT2D eigenvalue weighted by Gasteiger charge is 2.62. The molecule has 0 aromatic carbocycles. The average Bonchev–Trinajstić information content (AvgIpc) is 3.10. The summed E-state index contributed by atoms with van der Waals surface area (Å²) in [5, 5.41) is 11.3. The molecule has 4 rings (SSSR count). The van der Waals surface area contributed by atoms with E-state index in [0.717, 1.165) is 32.1 Å². The average molecular weight is 449 g/mol. The van der Waals surface area contributed by atoms with Gasteiger partial charge in [-0.15, -0.1) is 0 Å². The molecule has 0 saturated heterocycles. The van der Waals surface area contributed by atoms with E-state index in [4.69, 9.17) is 9.47 Å². The Kier molecular flexibility index (Phi) is 6.70. The van der Waals surface area contributed by atoms with Gasteiger partial charge in [-0.1, -0.05) is 20.8 Å². The molecule has 4 fully saturated rings. The second-order valence-electron chi connectivity index (χ2n) is 12.1. The molecule has 0 spiro atoms. The lowest BCUT2D eigenvalue weighted by Gasteiger charge is -2.62. The fourth-order valence-corrected chi connectivity index (χ4v) is 9.23. The Morgan fingerprint density at radius 2 is 1.69 bits per heavy atom. The van der Waals surface area contributed by atoms with Crippen molar-refractivity contribution in [3.8, 4) is 0 Å². The molecule has 0 aromatic rings. The van der Waals surface area contributed by atoms with Crippen LogP contribution in [-0.4, -0.2) is 36.4 Å². The maximum atomic E-state index is 11.7. The van der Waals surface area contributed by atoms with Crippen LogP contribution in [0.5, 0.6) is 0 Å². The molecule has 4 aliphatic rings. The molecule has 0 aromatic heterocycles. The third-order valence-corrected chi connectivity index (χ3v) is 10.8. The van der Waals surface area contributed by atoms with E-state index in [0.29, 0.717) is 41.4 Å². The van der Waals surface area contributed by atoms with Crippen molar-refractivity contribution in [2.24, 2.45) is 46.3 Å². The highest BCUT2D eigenvalue weighted by Crippen LogP contribution is 2.68. The predicted molar refractivity (Wildman–Crippen MR) is 123 cm³/mol. The smallest absolute Gasteiger partial charge is 0.305 e. The molecular weight excluding hydrogens is 404 g/mol. The molecule has 5 heteroatoms. The minimum Gasteiger partial charge on any atom is -0.469 e. The SMILES string of the molecule is COC(=O)CC[C@@H](C)C1CC[C@H]2[C@@H]3C[C@H](O)[C@@H]4C[C@H](OC(C)=O)CC[C@]4(C)[C@H]3CC[C@]12C. The lowest BCUT2D eigenvalue weighted by atomic mass is 9.43. The molecule has 0 radical (unpaired) electrons. The van der Waals surface area contributed by atoms with Gasteiger partial charge in [-0.05, 0) is 104 Å². The second kappa shape index (κ2) is 8.92. The van der Waals surface area contributed by atoms with Crippen LogP contribution in [0, 0.1) is 46.3 Å². The van der Waals surface area contributed by atoms with Crippen LogP contribution in [0.1, 0.15) is 91.9 Å². The van der Waals surface area contributed by atoms with Crippen LogP contribution in [-0.2, 0) is 19.1 Å². The lowest BCUT2D eigenvalue weighted by Crippen LogP contribution is -2.58. The van der Waals surface area contributed by atoms with Crippen LogP contribution in [0.4, 0.5) is 0 Å². The Labute approximate surface area is 194 Å². The quantitative estimate of drug-likeness (QED) is 0.590. The molecule has 0 heterocycles. The molecule has 1 unspecified atom stereocenters. The molecule has 5 nitrogen and oxygen atoms in total. The van der Waals surface area contributed by atoms with Gasteiger partial charge in [0.25, 0.3) is 0 Å². The summed E-state index contributed by atoms with van der Waals surface area (Å²) in [5.74, 6) is 3.04. The largest absolute Gasteiger partial charge is 0.469 e. The fourth-order valence-electron chi connectivity index (χ4n) is 9.23. The Balaban J connectivity index is 1.49. The first-order valence-electron chi connectivity index (χ1n) is 13.0. The number of esters is 2. The minimum absolute atomic E-state index is 0.0304. The fraction of sp³-hybridized carbons (Fsp3) is 0.926. The summed E-state index contributed by atoms with van der Waals surface area (Å²) in [4.78, 5) is 23.2. The minimum atomic E-state index is -0.294. The van der Waals surface area contributed by atoms with Crippen molar-refractivity contribution in [2.45, 2.75) is 104 Å². The van der Waals surface area contributed by atoms with Crippen LogP contribution in [0.15, 0.2) is 0 Å². The third-order valence-electron chi connectivity index (χ3n) is 10.8. The van der Waals surface area contributed by atoms with E-state index in [-0.39, 0.29) is 35.5 Å². The normalized spacial score (nSPS) is 46.4. The van der Waals surface area contributed by atoms with Crippen LogP contribution >= 0.6 is 0 Å². The number of hydrogen-bond donors (Lipinski definition) is 1. The first-order valence-corrected chi connectivity index (χ1v) is 13.0. The molecule has 1 N–H and O–H groups in total. The number of ether oxygens (including phenoxy) is 2. The summed E-state index contributed by atoms with van der Waals surface area (Å²) in [6, 6.07) is 0. The van der Waals surface area contributed by atoms with Gasteiger partial charge in [-0.2, -0.15) is 0 Å². The molecular formula is C27H44O5. The van der Waals surface area contributed by atoms with E-state index in [2.05, 4.69) is 20.8 Å². The molecule has 0 bridgehead atoms. The zero-order chi connectivity index (χ0) is 23.3. The van der Waals surface area contributed by atoms with Crippen molar-refractivity contribution in [3.05, 3.63) is 0 Å². The van der Waals surface area contributed by atoms with E-state index < -0.39 is 0 Å². The van der Waals surface area contributed by atoms with Crippen molar-refractivity contribution < 1.29 is 24.2 Å². The lowest BCUT2D eigenvalue weighted by molar-refractivity contribution is -0.182. The highest BCUT2D eigenvalue weighted by atomic mass is 16.5. The van der Waals surface area contributed by atoms with Gasteiger partial charge in [-0.3, -0.25) is 9.59 Å².